The highest BCUT2D eigenvalue weighted by Gasteiger charge is 2.29. The zero-order valence-electron chi connectivity index (χ0n) is 12.3. The Balaban J connectivity index is 1.98. The molecule has 2 rings (SSSR count). The van der Waals surface area contributed by atoms with Crippen LogP contribution in [0.2, 0.25) is 0 Å². The minimum absolute atomic E-state index is 0.257. The molecule has 1 atom stereocenters. The summed E-state index contributed by atoms with van der Waals surface area (Å²) >= 11 is 0. The lowest BCUT2D eigenvalue weighted by Crippen LogP contribution is -2.27. The quantitative estimate of drug-likeness (QED) is 0.781. The van der Waals surface area contributed by atoms with Gasteiger partial charge in [0.05, 0.1) is 0 Å². The molecule has 0 saturated heterocycles. The molecule has 1 fully saturated rings. The van der Waals surface area contributed by atoms with Gasteiger partial charge in [0.25, 0.3) is 0 Å². The molecule has 1 aliphatic rings. The van der Waals surface area contributed by atoms with E-state index in [-0.39, 0.29) is 6.04 Å². The van der Waals surface area contributed by atoms with Crippen molar-refractivity contribution in [2.24, 2.45) is 5.73 Å². The number of rotatable bonds is 8. The van der Waals surface area contributed by atoms with Gasteiger partial charge in [0, 0.05) is 24.8 Å². The minimum atomic E-state index is 0.257. The molecule has 106 valence electrons. The standard InChI is InChI=1S/C16H27N3/c1-3-5-10-19(15-7-8-15)16-9-6-13(12-18-16)11-14(17)4-2/h6,9,12,14-15H,3-5,7-8,10-11,17H2,1-2H3. The van der Waals surface area contributed by atoms with Crippen molar-refractivity contribution in [3.05, 3.63) is 23.9 Å². The second-order valence-electron chi connectivity index (χ2n) is 5.68. The van der Waals surface area contributed by atoms with E-state index in [9.17, 15) is 0 Å². The minimum Gasteiger partial charge on any atom is -0.354 e. The van der Waals surface area contributed by atoms with E-state index in [0.717, 1.165) is 31.2 Å². The van der Waals surface area contributed by atoms with Gasteiger partial charge in [-0.3, -0.25) is 0 Å². The van der Waals surface area contributed by atoms with E-state index in [1.807, 2.05) is 6.20 Å². The molecule has 1 aromatic rings. The summed E-state index contributed by atoms with van der Waals surface area (Å²) in [5.41, 5.74) is 7.24. The van der Waals surface area contributed by atoms with E-state index < -0.39 is 0 Å². The Bertz CT molecular complexity index is 370. The molecule has 1 saturated carbocycles. The number of unbranched alkanes of at least 4 members (excludes halogenated alkanes) is 1. The summed E-state index contributed by atoms with van der Waals surface area (Å²) in [6, 6.07) is 5.36. The monoisotopic (exact) mass is 261 g/mol. The van der Waals surface area contributed by atoms with Crippen LogP contribution < -0.4 is 10.6 Å². The maximum atomic E-state index is 5.99. The van der Waals surface area contributed by atoms with Crippen molar-refractivity contribution in [1.29, 1.82) is 0 Å². The molecule has 19 heavy (non-hydrogen) atoms. The molecule has 3 heteroatoms. The number of nitrogens with zero attached hydrogens (tertiary/aromatic N) is 2. The van der Waals surface area contributed by atoms with E-state index in [1.165, 1.54) is 31.2 Å². The first kappa shape index (κ1) is 14.3. The number of nitrogens with two attached hydrogens (primary N) is 1. The lowest BCUT2D eigenvalue weighted by molar-refractivity contribution is 0.644. The second-order valence-corrected chi connectivity index (χ2v) is 5.68. The van der Waals surface area contributed by atoms with Gasteiger partial charge in [0.15, 0.2) is 0 Å². The Morgan fingerprint density at radius 3 is 2.68 bits per heavy atom. The number of hydrogen-bond donors (Lipinski definition) is 1. The van der Waals surface area contributed by atoms with Crippen LogP contribution in [-0.2, 0) is 6.42 Å². The fourth-order valence-corrected chi connectivity index (χ4v) is 2.35. The summed E-state index contributed by atoms with van der Waals surface area (Å²) in [6.07, 6.45) is 9.11. The number of pyridine rings is 1. The maximum absolute atomic E-state index is 5.99. The lowest BCUT2D eigenvalue weighted by Gasteiger charge is -2.23. The van der Waals surface area contributed by atoms with Crippen molar-refractivity contribution >= 4 is 5.82 Å². The van der Waals surface area contributed by atoms with E-state index in [2.05, 4.69) is 35.9 Å². The summed E-state index contributed by atoms with van der Waals surface area (Å²) in [7, 11) is 0. The third kappa shape index (κ3) is 4.20. The van der Waals surface area contributed by atoms with Crippen molar-refractivity contribution in [1.82, 2.24) is 4.98 Å². The average molecular weight is 261 g/mol. The van der Waals surface area contributed by atoms with E-state index in [0.29, 0.717) is 0 Å². The summed E-state index contributed by atoms with van der Waals surface area (Å²) in [5, 5.41) is 0. The van der Waals surface area contributed by atoms with Crippen LogP contribution in [0.4, 0.5) is 5.82 Å². The average Bonchev–Trinajstić information content (AvgIpc) is 3.25. The van der Waals surface area contributed by atoms with E-state index in [1.54, 1.807) is 0 Å². The fourth-order valence-electron chi connectivity index (χ4n) is 2.35. The molecule has 1 unspecified atom stereocenters. The third-order valence-electron chi connectivity index (χ3n) is 3.87. The Hall–Kier alpha value is -1.09. The first-order valence-electron chi connectivity index (χ1n) is 7.71. The van der Waals surface area contributed by atoms with Crippen LogP contribution in [0.25, 0.3) is 0 Å². The molecule has 2 N–H and O–H groups in total. The van der Waals surface area contributed by atoms with Crippen molar-refractivity contribution < 1.29 is 0 Å². The van der Waals surface area contributed by atoms with E-state index in [4.69, 9.17) is 5.73 Å². The van der Waals surface area contributed by atoms with Crippen molar-refractivity contribution in [2.75, 3.05) is 11.4 Å². The van der Waals surface area contributed by atoms with Crippen LogP contribution >= 0.6 is 0 Å². The predicted molar refractivity (Wildman–Crippen MR) is 81.5 cm³/mol. The van der Waals surface area contributed by atoms with Gasteiger partial charge in [0.1, 0.15) is 5.82 Å². The predicted octanol–water partition coefficient (Wildman–Crippen LogP) is 3.13. The SMILES string of the molecule is CCCCN(c1ccc(CC(N)CC)cn1)C1CC1. The summed E-state index contributed by atoms with van der Waals surface area (Å²) in [6.45, 7) is 5.52. The highest BCUT2D eigenvalue weighted by Crippen LogP contribution is 2.30. The van der Waals surface area contributed by atoms with Crippen LogP contribution in [0, 0.1) is 0 Å². The molecule has 0 aliphatic heterocycles. The molecular weight excluding hydrogens is 234 g/mol. The van der Waals surface area contributed by atoms with Gasteiger partial charge >= 0.3 is 0 Å². The van der Waals surface area contributed by atoms with Gasteiger partial charge in [-0.1, -0.05) is 26.3 Å². The molecule has 0 spiro atoms. The Kier molecular flexibility index (Phi) is 5.20. The molecule has 3 nitrogen and oxygen atoms in total. The lowest BCUT2D eigenvalue weighted by atomic mass is 10.1. The van der Waals surface area contributed by atoms with E-state index >= 15 is 0 Å². The second kappa shape index (κ2) is 6.90. The number of anilines is 1. The molecule has 1 heterocycles. The highest BCUT2D eigenvalue weighted by molar-refractivity contribution is 5.42. The van der Waals surface area contributed by atoms with Crippen LogP contribution in [0.15, 0.2) is 18.3 Å². The molecule has 0 bridgehead atoms. The highest BCUT2D eigenvalue weighted by atomic mass is 15.2. The zero-order valence-corrected chi connectivity index (χ0v) is 12.3. The first-order valence-corrected chi connectivity index (χ1v) is 7.71. The Labute approximate surface area is 117 Å². The number of aromatic nitrogens is 1. The largest absolute Gasteiger partial charge is 0.354 e. The Morgan fingerprint density at radius 1 is 1.37 bits per heavy atom. The summed E-state index contributed by atoms with van der Waals surface area (Å²) in [4.78, 5) is 7.13. The van der Waals surface area contributed by atoms with Crippen molar-refractivity contribution in [3.8, 4) is 0 Å². The molecule has 0 amide bonds. The van der Waals surface area contributed by atoms with Gasteiger partial charge < -0.3 is 10.6 Å². The molecule has 1 aliphatic carbocycles. The topological polar surface area (TPSA) is 42.1 Å². The molecule has 0 radical (unpaired) electrons. The molecule has 1 aromatic heterocycles. The van der Waals surface area contributed by atoms with Crippen LogP contribution in [0.5, 0.6) is 0 Å². The van der Waals surface area contributed by atoms with Gasteiger partial charge in [-0.25, -0.2) is 4.98 Å². The first-order chi connectivity index (χ1) is 9.24. The maximum Gasteiger partial charge on any atom is 0.128 e. The normalized spacial score (nSPS) is 16.4. The van der Waals surface area contributed by atoms with Gasteiger partial charge in [0.2, 0.25) is 0 Å². The van der Waals surface area contributed by atoms with Gasteiger partial charge in [-0.15, -0.1) is 0 Å². The zero-order chi connectivity index (χ0) is 13.7. The van der Waals surface area contributed by atoms with Crippen molar-refractivity contribution in [3.63, 3.8) is 0 Å². The number of hydrogen-bond acceptors (Lipinski definition) is 3. The molecule has 0 aromatic carbocycles. The fraction of sp³-hybridized carbons (Fsp3) is 0.688. The van der Waals surface area contributed by atoms with Crippen LogP contribution in [0.3, 0.4) is 0 Å². The van der Waals surface area contributed by atoms with Crippen molar-refractivity contribution in [2.45, 2.75) is 64.5 Å². The van der Waals surface area contributed by atoms with Crippen LogP contribution in [0.1, 0.15) is 51.5 Å². The third-order valence-corrected chi connectivity index (χ3v) is 3.87. The molecular formula is C16H27N3. The van der Waals surface area contributed by atoms with Gasteiger partial charge in [-0.2, -0.15) is 0 Å². The van der Waals surface area contributed by atoms with Crippen LogP contribution in [-0.4, -0.2) is 23.6 Å². The smallest absolute Gasteiger partial charge is 0.128 e. The summed E-state index contributed by atoms with van der Waals surface area (Å²) < 4.78 is 0. The summed E-state index contributed by atoms with van der Waals surface area (Å²) in [5.74, 6) is 1.14. The van der Waals surface area contributed by atoms with Gasteiger partial charge in [-0.05, 0) is 43.7 Å². The Morgan fingerprint density at radius 2 is 2.16 bits per heavy atom.